The van der Waals surface area contributed by atoms with Crippen LogP contribution in [0.3, 0.4) is 0 Å². The zero-order valence-corrected chi connectivity index (χ0v) is 5.61. The second kappa shape index (κ2) is 3.29. The molecule has 0 aliphatic heterocycles. The number of hydrogen-bond acceptors (Lipinski definition) is 2. The van der Waals surface area contributed by atoms with Crippen molar-refractivity contribution in [1.82, 2.24) is 5.32 Å². The van der Waals surface area contributed by atoms with Gasteiger partial charge in [-0.05, 0) is 0 Å². The van der Waals surface area contributed by atoms with Crippen LogP contribution in [0.4, 0.5) is 0 Å². The van der Waals surface area contributed by atoms with E-state index in [1.165, 1.54) is 7.05 Å². The van der Waals surface area contributed by atoms with Crippen molar-refractivity contribution >= 4 is 23.4 Å². The summed E-state index contributed by atoms with van der Waals surface area (Å²) in [4.78, 5) is 20.5. The maximum absolute atomic E-state index is 10.4. The quantitative estimate of drug-likeness (QED) is 0.385. The van der Waals surface area contributed by atoms with E-state index in [1.807, 2.05) is 0 Å². The molecule has 3 N–H and O–H groups in total. The van der Waals surface area contributed by atoms with Gasteiger partial charge >= 0.3 is 0 Å². The van der Waals surface area contributed by atoms with Crippen molar-refractivity contribution in [2.45, 2.75) is 5.38 Å². The van der Waals surface area contributed by atoms with Gasteiger partial charge in [0.25, 0.3) is 0 Å². The molecule has 9 heavy (non-hydrogen) atoms. The molecule has 0 aromatic carbocycles. The molecule has 52 valence electrons. The Labute approximate surface area is 57.4 Å². The highest BCUT2D eigenvalue weighted by Gasteiger charge is 2.18. The summed E-state index contributed by atoms with van der Waals surface area (Å²) in [5.41, 5.74) is 4.68. The molecule has 0 aliphatic rings. The second-order valence-electron chi connectivity index (χ2n) is 1.38. The standard InChI is InChI=1S/C4H7ClN2O2/c1-7-4(9)2(5)3(6)8/h2H,1H3,(H2,6,8)(H,7,9). The van der Waals surface area contributed by atoms with Crippen LogP contribution in [0, 0.1) is 0 Å². The summed E-state index contributed by atoms with van der Waals surface area (Å²) >= 11 is 5.18. The van der Waals surface area contributed by atoms with Crippen LogP contribution in [0.1, 0.15) is 0 Å². The Morgan fingerprint density at radius 1 is 1.67 bits per heavy atom. The number of alkyl halides is 1. The van der Waals surface area contributed by atoms with Gasteiger partial charge in [-0.25, -0.2) is 0 Å². The van der Waals surface area contributed by atoms with E-state index in [9.17, 15) is 9.59 Å². The maximum Gasteiger partial charge on any atom is 0.247 e. The first-order valence-corrected chi connectivity index (χ1v) is 2.68. The number of primary amides is 1. The number of nitrogens with one attached hydrogen (secondary N) is 1. The van der Waals surface area contributed by atoms with Gasteiger partial charge in [0.1, 0.15) is 0 Å². The number of nitrogens with two attached hydrogens (primary N) is 1. The number of halogens is 1. The normalized spacial score (nSPS) is 12.2. The van der Waals surface area contributed by atoms with Gasteiger partial charge in [-0.15, -0.1) is 11.6 Å². The van der Waals surface area contributed by atoms with Gasteiger partial charge in [-0.1, -0.05) is 0 Å². The van der Waals surface area contributed by atoms with Crippen molar-refractivity contribution in [3.63, 3.8) is 0 Å². The lowest BCUT2D eigenvalue weighted by Gasteiger charge is -2.00. The molecule has 0 heterocycles. The Morgan fingerprint density at radius 3 is 2.22 bits per heavy atom. The number of hydrogen-bond donors (Lipinski definition) is 2. The minimum atomic E-state index is -1.25. The topological polar surface area (TPSA) is 72.2 Å². The van der Waals surface area contributed by atoms with Crippen LogP contribution in [-0.4, -0.2) is 24.2 Å². The molecular formula is C4H7ClN2O2. The second-order valence-corrected chi connectivity index (χ2v) is 1.82. The zero-order valence-electron chi connectivity index (χ0n) is 4.85. The fourth-order valence-electron chi connectivity index (χ4n) is 0.256. The lowest BCUT2D eigenvalue weighted by molar-refractivity contribution is -0.126. The van der Waals surface area contributed by atoms with Gasteiger partial charge in [0, 0.05) is 7.05 Å². The van der Waals surface area contributed by atoms with Crippen LogP contribution in [-0.2, 0) is 9.59 Å². The number of amides is 2. The predicted molar refractivity (Wildman–Crippen MR) is 32.9 cm³/mol. The van der Waals surface area contributed by atoms with Gasteiger partial charge in [0.15, 0.2) is 5.38 Å². The van der Waals surface area contributed by atoms with Gasteiger partial charge in [0.2, 0.25) is 11.8 Å². The van der Waals surface area contributed by atoms with Crippen molar-refractivity contribution < 1.29 is 9.59 Å². The molecule has 1 atom stereocenters. The Bertz CT molecular complexity index is 137. The van der Waals surface area contributed by atoms with Crippen molar-refractivity contribution in [3.8, 4) is 0 Å². The summed E-state index contributed by atoms with van der Waals surface area (Å²) in [6.07, 6.45) is 0. The van der Waals surface area contributed by atoms with Crippen molar-refractivity contribution in [1.29, 1.82) is 0 Å². The molecule has 1 unspecified atom stereocenters. The minimum absolute atomic E-state index is 0.579. The molecule has 0 radical (unpaired) electrons. The molecule has 0 aliphatic carbocycles. The first-order chi connectivity index (χ1) is 4.09. The van der Waals surface area contributed by atoms with Crippen LogP contribution >= 0.6 is 11.6 Å². The Morgan fingerprint density at radius 2 is 2.11 bits per heavy atom. The van der Waals surface area contributed by atoms with E-state index < -0.39 is 17.2 Å². The average Bonchev–Trinajstić information content (AvgIpc) is 1.84. The van der Waals surface area contributed by atoms with Gasteiger partial charge in [-0.3, -0.25) is 9.59 Å². The van der Waals surface area contributed by atoms with Crippen molar-refractivity contribution in [2.75, 3.05) is 7.05 Å². The van der Waals surface area contributed by atoms with Crippen LogP contribution in [0.5, 0.6) is 0 Å². The average molecular weight is 151 g/mol. The summed E-state index contributed by atoms with van der Waals surface area (Å²) in [5.74, 6) is -1.42. The summed E-state index contributed by atoms with van der Waals surface area (Å²) in [6.45, 7) is 0. The third kappa shape index (κ3) is 2.32. The van der Waals surface area contributed by atoms with E-state index in [4.69, 9.17) is 11.6 Å². The molecule has 0 saturated carbocycles. The first kappa shape index (κ1) is 8.23. The van der Waals surface area contributed by atoms with E-state index in [1.54, 1.807) is 0 Å². The molecule has 5 heteroatoms. The maximum atomic E-state index is 10.4. The summed E-state index contributed by atoms with van der Waals surface area (Å²) in [6, 6.07) is 0. The lowest BCUT2D eigenvalue weighted by atomic mass is 10.4. The molecule has 4 nitrogen and oxygen atoms in total. The number of rotatable bonds is 2. The van der Waals surface area contributed by atoms with Gasteiger partial charge in [-0.2, -0.15) is 0 Å². The van der Waals surface area contributed by atoms with Gasteiger partial charge < -0.3 is 11.1 Å². The molecule has 0 aromatic rings. The third-order valence-electron chi connectivity index (χ3n) is 0.726. The fraction of sp³-hybridized carbons (Fsp3) is 0.500. The van der Waals surface area contributed by atoms with Crippen LogP contribution in [0.25, 0.3) is 0 Å². The molecule has 2 amide bonds. The summed E-state index contributed by atoms with van der Waals surface area (Å²) in [7, 11) is 1.38. The van der Waals surface area contributed by atoms with Crippen molar-refractivity contribution in [3.05, 3.63) is 0 Å². The lowest BCUT2D eigenvalue weighted by Crippen LogP contribution is -2.37. The van der Waals surface area contributed by atoms with E-state index in [0.29, 0.717) is 0 Å². The molecular weight excluding hydrogens is 144 g/mol. The molecule has 0 saturated heterocycles. The van der Waals surface area contributed by atoms with E-state index >= 15 is 0 Å². The van der Waals surface area contributed by atoms with Crippen LogP contribution in [0.2, 0.25) is 0 Å². The van der Waals surface area contributed by atoms with Gasteiger partial charge in [0.05, 0.1) is 0 Å². The van der Waals surface area contributed by atoms with Crippen LogP contribution in [0.15, 0.2) is 0 Å². The zero-order chi connectivity index (χ0) is 7.44. The van der Waals surface area contributed by atoms with E-state index in [-0.39, 0.29) is 0 Å². The Kier molecular flexibility index (Phi) is 3.01. The monoisotopic (exact) mass is 150 g/mol. The molecule has 0 rings (SSSR count). The largest absolute Gasteiger partial charge is 0.368 e. The minimum Gasteiger partial charge on any atom is -0.368 e. The van der Waals surface area contributed by atoms with E-state index in [2.05, 4.69) is 11.1 Å². The SMILES string of the molecule is CNC(=O)C(Cl)C(N)=O. The molecule has 0 spiro atoms. The fourth-order valence-corrected chi connectivity index (χ4v) is 0.365. The van der Waals surface area contributed by atoms with E-state index in [0.717, 1.165) is 0 Å². The highest BCUT2D eigenvalue weighted by molar-refractivity contribution is 6.41. The molecule has 0 bridgehead atoms. The Hall–Kier alpha value is -0.770. The predicted octanol–water partition coefficient (Wildman–Crippen LogP) is -1.17. The smallest absolute Gasteiger partial charge is 0.247 e. The third-order valence-corrected chi connectivity index (χ3v) is 1.14. The molecule has 0 fully saturated rings. The van der Waals surface area contributed by atoms with Crippen LogP contribution < -0.4 is 11.1 Å². The summed E-state index contributed by atoms with van der Waals surface area (Å²) in [5, 5.41) is 0.920. The summed E-state index contributed by atoms with van der Waals surface area (Å²) < 4.78 is 0. The number of carbonyl (C=O) groups is 2. The highest BCUT2D eigenvalue weighted by atomic mass is 35.5. The number of carbonyl (C=O) groups excluding carboxylic acids is 2. The Balaban J connectivity index is 3.88. The van der Waals surface area contributed by atoms with Crippen molar-refractivity contribution in [2.24, 2.45) is 5.73 Å². The highest BCUT2D eigenvalue weighted by Crippen LogP contribution is 1.91. The first-order valence-electron chi connectivity index (χ1n) is 2.24. The molecule has 0 aromatic heterocycles.